The number of rotatable bonds is 6. The van der Waals surface area contributed by atoms with Crippen molar-refractivity contribution in [2.75, 3.05) is 31.3 Å². The van der Waals surface area contributed by atoms with E-state index in [0.717, 1.165) is 0 Å². The Labute approximate surface area is 104 Å². The van der Waals surface area contributed by atoms with Crippen LogP contribution in [0.2, 0.25) is 0 Å². The SMILES string of the molecule is CNc1nc(NCCn2ccnn2)nc(OC)n1. The molecule has 9 heteroatoms. The Hall–Kier alpha value is -2.45. The van der Waals surface area contributed by atoms with E-state index < -0.39 is 0 Å². The van der Waals surface area contributed by atoms with Gasteiger partial charge in [-0.15, -0.1) is 5.10 Å². The lowest BCUT2D eigenvalue weighted by atomic mass is 10.6. The van der Waals surface area contributed by atoms with Crippen LogP contribution < -0.4 is 15.4 Å². The van der Waals surface area contributed by atoms with E-state index in [1.54, 1.807) is 24.1 Å². The molecule has 2 aromatic rings. The van der Waals surface area contributed by atoms with Gasteiger partial charge in [-0.25, -0.2) is 0 Å². The van der Waals surface area contributed by atoms with Gasteiger partial charge in [-0.05, 0) is 0 Å². The molecule has 0 radical (unpaired) electrons. The summed E-state index contributed by atoms with van der Waals surface area (Å²) in [7, 11) is 3.24. The summed E-state index contributed by atoms with van der Waals surface area (Å²) in [6.45, 7) is 1.29. The fraction of sp³-hybridized carbons (Fsp3) is 0.444. The lowest BCUT2D eigenvalue weighted by Gasteiger charge is -2.07. The number of aromatic nitrogens is 6. The molecule has 0 amide bonds. The van der Waals surface area contributed by atoms with Gasteiger partial charge in [0.15, 0.2) is 0 Å². The largest absolute Gasteiger partial charge is 0.467 e. The topological polar surface area (TPSA) is 103 Å². The Morgan fingerprint density at radius 1 is 1.28 bits per heavy atom. The molecular formula is C9H14N8O. The van der Waals surface area contributed by atoms with E-state index in [-0.39, 0.29) is 6.01 Å². The highest BCUT2D eigenvalue weighted by Crippen LogP contribution is 2.09. The molecule has 0 saturated carbocycles. The Morgan fingerprint density at radius 2 is 2.11 bits per heavy atom. The number of hydrogen-bond acceptors (Lipinski definition) is 8. The van der Waals surface area contributed by atoms with E-state index >= 15 is 0 Å². The van der Waals surface area contributed by atoms with Crippen LogP contribution in [0.25, 0.3) is 0 Å². The quantitative estimate of drug-likeness (QED) is 0.715. The Kier molecular flexibility index (Phi) is 3.84. The molecule has 2 N–H and O–H groups in total. The van der Waals surface area contributed by atoms with Crippen LogP contribution in [0.4, 0.5) is 11.9 Å². The van der Waals surface area contributed by atoms with Gasteiger partial charge in [0.1, 0.15) is 0 Å². The van der Waals surface area contributed by atoms with Gasteiger partial charge in [-0.1, -0.05) is 5.21 Å². The van der Waals surface area contributed by atoms with E-state index in [9.17, 15) is 0 Å². The van der Waals surface area contributed by atoms with Crippen LogP contribution in [-0.4, -0.2) is 50.6 Å². The molecule has 0 unspecified atom stereocenters. The third-order valence-electron chi connectivity index (χ3n) is 2.12. The molecule has 2 rings (SSSR count). The minimum atomic E-state index is 0.262. The van der Waals surface area contributed by atoms with Crippen molar-refractivity contribution in [1.29, 1.82) is 0 Å². The van der Waals surface area contributed by atoms with Crippen LogP contribution in [0.15, 0.2) is 12.4 Å². The summed E-state index contributed by atoms with van der Waals surface area (Å²) in [6, 6.07) is 0.262. The zero-order valence-electron chi connectivity index (χ0n) is 10.2. The van der Waals surface area contributed by atoms with Gasteiger partial charge in [0.2, 0.25) is 11.9 Å². The smallest absolute Gasteiger partial charge is 0.322 e. The Morgan fingerprint density at radius 3 is 2.78 bits per heavy atom. The number of anilines is 2. The number of hydrogen-bond donors (Lipinski definition) is 2. The monoisotopic (exact) mass is 250 g/mol. The minimum Gasteiger partial charge on any atom is -0.467 e. The van der Waals surface area contributed by atoms with Crippen molar-refractivity contribution in [2.24, 2.45) is 0 Å². The normalized spacial score (nSPS) is 10.1. The molecule has 0 bridgehead atoms. The van der Waals surface area contributed by atoms with Gasteiger partial charge < -0.3 is 15.4 Å². The van der Waals surface area contributed by atoms with E-state index in [2.05, 4.69) is 35.9 Å². The molecule has 0 aliphatic carbocycles. The molecule has 2 heterocycles. The Bertz CT molecular complexity index is 463. The summed E-state index contributed by atoms with van der Waals surface area (Å²) in [6.07, 6.45) is 3.42. The molecule has 18 heavy (non-hydrogen) atoms. The average molecular weight is 250 g/mol. The average Bonchev–Trinajstić information content (AvgIpc) is 2.91. The van der Waals surface area contributed by atoms with E-state index in [1.165, 1.54) is 7.11 Å². The maximum absolute atomic E-state index is 4.98. The van der Waals surface area contributed by atoms with E-state index in [4.69, 9.17) is 4.74 Å². The number of ether oxygens (including phenoxy) is 1. The highest BCUT2D eigenvalue weighted by molar-refractivity contribution is 5.35. The molecule has 0 saturated heterocycles. The molecule has 96 valence electrons. The number of nitrogens with zero attached hydrogens (tertiary/aromatic N) is 6. The standard InChI is InChI=1S/C9H14N8O/c1-10-7-13-8(15-9(14-7)18-2)11-3-5-17-6-4-12-16-17/h4,6H,3,5H2,1-2H3,(H2,10,11,13,14,15). The molecule has 0 aliphatic rings. The van der Waals surface area contributed by atoms with E-state index in [0.29, 0.717) is 25.0 Å². The maximum atomic E-state index is 4.98. The van der Waals surface area contributed by atoms with Crippen LogP contribution in [0.3, 0.4) is 0 Å². The van der Waals surface area contributed by atoms with E-state index in [1.807, 2.05) is 0 Å². The molecular weight excluding hydrogens is 236 g/mol. The first kappa shape index (κ1) is 12.0. The summed E-state index contributed by atoms with van der Waals surface area (Å²) >= 11 is 0. The molecule has 0 atom stereocenters. The maximum Gasteiger partial charge on any atom is 0.322 e. The second kappa shape index (κ2) is 5.75. The zero-order valence-corrected chi connectivity index (χ0v) is 10.2. The van der Waals surface area contributed by atoms with Gasteiger partial charge in [0.25, 0.3) is 0 Å². The first-order valence-electron chi connectivity index (χ1n) is 5.37. The van der Waals surface area contributed by atoms with Crippen LogP contribution in [0.1, 0.15) is 0 Å². The van der Waals surface area contributed by atoms with Gasteiger partial charge in [0.05, 0.1) is 19.9 Å². The lowest BCUT2D eigenvalue weighted by Crippen LogP contribution is -2.14. The number of methoxy groups -OCH3 is 1. The second-order valence-electron chi connectivity index (χ2n) is 3.31. The van der Waals surface area contributed by atoms with Crippen molar-refractivity contribution >= 4 is 11.9 Å². The minimum absolute atomic E-state index is 0.262. The highest BCUT2D eigenvalue weighted by Gasteiger charge is 2.04. The van der Waals surface area contributed by atoms with Crippen molar-refractivity contribution in [3.8, 4) is 6.01 Å². The highest BCUT2D eigenvalue weighted by atomic mass is 16.5. The molecule has 2 aromatic heterocycles. The Balaban J connectivity index is 1.95. The second-order valence-corrected chi connectivity index (χ2v) is 3.31. The summed E-state index contributed by atoms with van der Waals surface area (Å²) in [5.74, 6) is 0.899. The molecule has 0 fully saturated rings. The molecule has 0 aliphatic heterocycles. The predicted octanol–water partition coefficient (Wildman–Crippen LogP) is -0.374. The van der Waals surface area contributed by atoms with Crippen molar-refractivity contribution < 1.29 is 4.74 Å². The third-order valence-corrected chi connectivity index (χ3v) is 2.12. The number of nitrogens with one attached hydrogen (secondary N) is 2. The van der Waals surface area contributed by atoms with Gasteiger partial charge >= 0.3 is 6.01 Å². The third kappa shape index (κ3) is 3.03. The van der Waals surface area contributed by atoms with Crippen LogP contribution in [-0.2, 0) is 6.54 Å². The predicted molar refractivity (Wildman–Crippen MR) is 64.4 cm³/mol. The fourth-order valence-corrected chi connectivity index (χ4v) is 1.27. The summed E-state index contributed by atoms with van der Waals surface area (Å²) in [4.78, 5) is 12.2. The fourth-order valence-electron chi connectivity index (χ4n) is 1.27. The summed E-state index contributed by atoms with van der Waals surface area (Å²) in [5.41, 5.74) is 0. The lowest BCUT2D eigenvalue weighted by molar-refractivity contribution is 0.379. The van der Waals surface area contributed by atoms with Gasteiger partial charge in [-0.3, -0.25) is 4.68 Å². The van der Waals surface area contributed by atoms with Crippen LogP contribution in [0.5, 0.6) is 6.01 Å². The molecule has 0 spiro atoms. The first-order valence-corrected chi connectivity index (χ1v) is 5.37. The first-order chi connectivity index (χ1) is 8.81. The summed E-state index contributed by atoms with van der Waals surface area (Å²) in [5, 5.41) is 13.5. The van der Waals surface area contributed by atoms with Crippen molar-refractivity contribution in [2.45, 2.75) is 6.54 Å². The molecule has 9 nitrogen and oxygen atoms in total. The molecule has 0 aromatic carbocycles. The summed E-state index contributed by atoms with van der Waals surface area (Å²) < 4.78 is 6.69. The van der Waals surface area contributed by atoms with Crippen molar-refractivity contribution in [3.05, 3.63) is 12.4 Å². The van der Waals surface area contributed by atoms with Crippen LogP contribution in [0, 0.1) is 0 Å². The zero-order chi connectivity index (χ0) is 12.8. The van der Waals surface area contributed by atoms with Gasteiger partial charge in [0, 0.05) is 19.8 Å². The van der Waals surface area contributed by atoms with Crippen molar-refractivity contribution in [1.82, 2.24) is 29.9 Å². The van der Waals surface area contributed by atoms with Gasteiger partial charge in [-0.2, -0.15) is 15.0 Å². The van der Waals surface area contributed by atoms with Crippen LogP contribution >= 0.6 is 0 Å². The van der Waals surface area contributed by atoms with Crippen molar-refractivity contribution in [3.63, 3.8) is 0 Å².